The smallest absolute Gasteiger partial charge is 0.203 e. The average molecular weight is 237 g/mol. The van der Waals surface area contributed by atoms with E-state index >= 15 is 0 Å². The molecule has 0 aliphatic heterocycles. The predicted molar refractivity (Wildman–Crippen MR) is 69.3 cm³/mol. The molecule has 96 valence electrons. The lowest BCUT2D eigenvalue weighted by atomic mass is 9.85. The highest BCUT2D eigenvalue weighted by molar-refractivity contribution is 5.30. The third-order valence-electron chi connectivity index (χ3n) is 3.37. The Hall–Kier alpha value is -1.03. The van der Waals surface area contributed by atoms with Crippen molar-refractivity contribution in [2.45, 2.75) is 45.7 Å². The molecule has 1 aliphatic carbocycles. The van der Waals surface area contributed by atoms with Crippen molar-refractivity contribution in [3.63, 3.8) is 0 Å². The van der Waals surface area contributed by atoms with Gasteiger partial charge in [0.1, 0.15) is 0 Å². The van der Waals surface area contributed by atoms with Crippen LogP contribution in [0, 0.1) is 12.8 Å². The number of hydrogen-bond acceptors (Lipinski definition) is 3. The van der Waals surface area contributed by atoms with Crippen LogP contribution in [0.3, 0.4) is 0 Å². The Morgan fingerprint density at radius 2 is 2.35 bits per heavy atom. The summed E-state index contributed by atoms with van der Waals surface area (Å²) < 4.78 is 7.39. The van der Waals surface area contributed by atoms with E-state index in [1.54, 1.807) is 7.11 Å². The molecule has 0 saturated heterocycles. The van der Waals surface area contributed by atoms with E-state index in [0.717, 1.165) is 24.1 Å². The highest BCUT2D eigenvalue weighted by Gasteiger charge is 2.19. The van der Waals surface area contributed by atoms with Gasteiger partial charge in [0, 0.05) is 25.9 Å². The second-order valence-corrected chi connectivity index (χ2v) is 5.16. The largest absolute Gasteiger partial charge is 0.383 e. The lowest BCUT2D eigenvalue weighted by molar-refractivity contribution is 0.190. The predicted octanol–water partition coefficient (Wildman–Crippen LogP) is 2.44. The molecule has 17 heavy (non-hydrogen) atoms. The molecule has 0 bridgehead atoms. The Kier molecular flexibility index (Phi) is 4.05. The van der Waals surface area contributed by atoms with E-state index in [1.807, 2.05) is 6.92 Å². The summed E-state index contributed by atoms with van der Waals surface area (Å²) in [6.07, 6.45) is 6.26. The fourth-order valence-electron chi connectivity index (χ4n) is 2.27. The second-order valence-electron chi connectivity index (χ2n) is 5.16. The number of aromatic nitrogens is 2. The molecule has 1 unspecified atom stereocenters. The number of ether oxygens (including phenoxy) is 1. The Morgan fingerprint density at radius 3 is 2.94 bits per heavy atom. The van der Waals surface area contributed by atoms with E-state index in [9.17, 15) is 0 Å². The fraction of sp³-hybridized carbons (Fsp3) is 0.769. The maximum atomic E-state index is 5.14. The van der Waals surface area contributed by atoms with Crippen molar-refractivity contribution in [3.05, 3.63) is 11.9 Å². The summed E-state index contributed by atoms with van der Waals surface area (Å²) in [6.45, 7) is 5.96. The van der Waals surface area contributed by atoms with Crippen LogP contribution in [0.1, 0.15) is 31.9 Å². The Balaban J connectivity index is 1.98. The van der Waals surface area contributed by atoms with Gasteiger partial charge in [-0.2, -0.15) is 0 Å². The van der Waals surface area contributed by atoms with E-state index < -0.39 is 0 Å². The summed E-state index contributed by atoms with van der Waals surface area (Å²) in [7, 11) is 1.73. The van der Waals surface area contributed by atoms with Gasteiger partial charge in [-0.1, -0.05) is 6.42 Å². The first kappa shape index (κ1) is 12.4. The lowest BCUT2D eigenvalue weighted by Gasteiger charge is -2.26. The van der Waals surface area contributed by atoms with Gasteiger partial charge in [-0.25, -0.2) is 4.98 Å². The average Bonchev–Trinajstić information content (AvgIpc) is 2.53. The molecule has 1 heterocycles. The van der Waals surface area contributed by atoms with Crippen molar-refractivity contribution in [3.8, 4) is 0 Å². The first-order valence-corrected chi connectivity index (χ1v) is 6.48. The molecule has 1 aromatic heterocycles. The Bertz CT molecular complexity index is 358. The van der Waals surface area contributed by atoms with Crippen molar-refractivity contribution < 1.29 is 4.74 Å². The van der Waals surface area contributed by atoms with Gasteiger partial charge in [-0.3, -0.25) is 0 Å². The van der Waals surface area contributed by atoms with Gasteiger partial charge in [-0.15, -0.1) is 0 Å². The molecule has 1 saturated carbocycles. The van der Waals surface area contributed by atoms with Crippen molar-refractivity contribution in [1.82, 2.24) is 9.55 Å². The minimum absolute atomic E-state index is 0.293. The maximum Gasteiger partial charge on any atom is 0.203 e. The van der Waals surface area contributed by atoms with Crippen LogP contribution in [0.2, 0.25) is 0 Å². The molecule has 0 spiro atoms. The van der Waals surface area contributed by atoms with Crippen LogP contribution in [0.15, 0.2) is 6.20 Å². The zero-order valence-electron chi connectivity index (χ0n) is 11.1. The molecule has 0 amide bonds. The topological polar surface area (TPSA) is 39.1 Å². The minimum atomic E-state index is 0.293. The Morgan fingerprint density at radius 1 is 1.59 bits per heavy atom. The number of hydrogen-bond donors (Lipinski definition) is 1. The van der Waals surface area contributed by atoms with Gasteiger partial charge >= 0.3 is 0 Å². The number of aryl methyl sites for hydroxylation is 1. The highest BCUT2D eigenvalue weighted by atomic mass is 16.5. The zero-order valence-corrected chi connectivity index (χ0v) is 11.1. The number of anilines is 1. The molecular weight excluding hydrogens is 214 g/mol. The van der Waals surface area contributed by atoms with Crippen LogP contribution >= 0.6 is 0 Å². The van der Waals surface area contributed by atoms with E-state index in [1.165, 1.54) is 19.3 Å². The van der Waals surface area contributed by atoms with Crippen LogP contribution in [0.4, 0.5) is 5.95 Å². The van der Waals surface area contributed by atoms with Crippen LogP contribution in [-0.2, 0) is 11.3 Å². The van der Waals surface area contributed by atoms with Crippen molar-refractivity contribution >= 4 is 5.95 Å². The normalized spacial score (nSPS) is 17.8. The van der Waals surface area contributed by atoms with E-state index in [2.05, 4.69) is 28.0 Å². The summed E-state index contributed by atoms with van der Waals surface area (Å²) in [5, 5.41) is 3.41. The molecule has 1 N–H and O–H groups in total. The highest BCUT2D eigenvalue weighted by Crippen LogP contribution is 2.29. The number of nitrogens with zero attached hydrogens (tertiary/aromatic N) is 2. The summed E-state index contributed by atoms with van der Waals surface area (Å²) in [5.74, 6) is 1.83. The zero-order chi connectivity index (χ0) is 12.3. The van der Waals surface area contributed by atoms with Gasteiger partial charge in [-0.05, 0) is 32.6 Å². The van der Waals surface area contributed by atoms with Gasteiger partial charge < -0.3 is 14.6 Å². The van der Waals surface area contributed by atoms with Crippen LogP contribution in [-0.4, -0.2) is 29.3 Å². The number of nitrogens with one attached hydrogen (secondary N) is 1. The third-order valence-corrected chi connectivity index (χ3v) is 3.37. The number of rotatable bonds is 6. The van der Waals surface area contributed by atoms with Crippen molar-refractivity contribution in [1.29, 1.82) is 0 Å². The standard InChI is InChI=1S/C13H23N3O/c1-10-7-16(8-12-5-4-6-12)13(14-10)15-11(2)9-17-3/h7,11-12H,4-6,8-9H2,1-3H3,(H,14,15). The summed E-state index contributed by atoms with van der Waals surface area (Å²) in [5.41, 5.74) is 1.08. The van der Waals surface area contributed by atoms with Crippen molar-refractivity contribution in [2.75, 3.05) is 19.0 Å². The van der Waals surface area contributed by atoms with Crippen LogP contribution < -0.4 is 5.32 Å². The monoisotopic (exact) mass is 237 g/mol. The fourth-order valence-corrected chi connectivity index (χ4v) is 2.27. The molecule has 0 aromatic carbocycles. The molecule has 4 heteroatoms. The van der Waals surface area contributed by atoms with Crippen LogP contribution in [0.5, 0.6) is 0 Å². The van der Waals surface area contributed by atoms with E-state index in [-0.39, 0.29) is 0 Å². The minimum Gasteiger partial charge on any atom is -0.383 e. The number of imidazole rings is 1. The van der Waals surface area contributed by atoms with E-state index in [4.69, 9.17) is 4.74 Å². The molecule has 1 atom stereocenters. The van der Waals surface area contributed by atoms with Crippen molar-refractivity contribution in [2.24, 2.45) is 5.92 Å². The molecule has 4 nitrogen and oxygen atoms in total. The lowest BCUT2D eigenvalue weighted by Crippen LogP contribution is -2.25. The first-order chi connectivity index (χ1) is 8.19. The van der Waals surface area contributed by atoms with E-state index in [0.29, 0.717) is 12.6 Å². The van der Waals surface area contributed by atoms with Crippen LogP contribution in [0.25, 0.3) is 0 Å². The molecule has 0 radical (unpaired) electrons. The van der Waals surface area contributed by atoms with Gasteiger partial charge in [0.15, 0.2) is 0 Å². The molecule has 1 aromatic rings. The molecule has 1 aliphatic rings. The SMILES string of the molecule is COCC(C)Nc1nc(C)cn1CC1CCC1. The van der Waals surface area contributed by atoms with Gasteiger partial charge in [0.25, 0.3) is 0 Å². The van der Waals surface area contributed by atoms with Gasteiger partial charge in [0.05, 0.1) is 12.3 Å². The first-order valence-electron chi connectivity index (χ1n) is 6.48. The maximum absolute atomic E-state index is 5.14. The quantitative estimate of drug-likeness (QED) is 0.826. The third kappa shape index (κ3) is 3.22. The summed E-state index contributed by atoms with van der Waals surface area (Å²) in [4.78, 5) is 4.54. The number of methoxy groups -OCH3 is 1. The summed E-state index contributed by atoms with van der Waals surface area (Å²) >= 11 is 0. The van der Waals surface area contributed by atoms with Gasteiger partial charge in [0.2, 0.25) is 5.95 Å². The molecule has 2 rings (SSSR count). The summed E-state index contributed by atoms with van der Waals surface area (Å²) in [6, 6.07) is 0.293. The molecule has 1 fully saturated rings. The Labute approximate surface area is 103 Å². The second kappa shape index (κ2) is 5.54. The molecular formula is C13H23N3O.